The van der Waals surface area contributed by atoms with Gasteiger partial charge in [0.05, 0.1) is 10.7 Å². The molecule has 4 heteroatoms. The molecule has 0 fully saturated rings. The smallest absolute Gasteiger partial charge is 0.0642 e. The first-order valence-corrected chi connectivity index (χ1v) is 8.29. The van der Waals surface area contributed by atoms with Crippen LogP contribution in [-0.2, 0) is 0 Å². The molecule has 0 aliphatic rings. The standard InChI is InChI=1S/C17H29ClN2O/c1-5-9-19-14(4)15-7-8-17(16(18)12-15)20(13(2)3)10-6-11-21/h7-8,12-14,19,21H,5-6,9-11H2,1-4H3. The lowest BCUT2D eigenvalue weighted by Gasteiger charge is -2.30. The molecule has 0 spiro atoms. The first kappa shape index (κ1) is 18.3. The number of benzene rings is 1. The highest BCUT2D eigenvalue weighted by Gasteiger charge is 2.15. The normalized spacial score (nSPS) is 12.7. The van der Waals surface area contributed by atoms with Crippen LogP contribution in [0.25, 0.3) is 0 Å². The molecule has 2 N–H and O–H groups in total. The van der Waals surface area contributed by atoms with Crippen molar-refractivity contribution >= 4 is 17.3 Å². The Balaban J connectivity index is 2.89. The summed E-state index contributed by atoms with van der Waals surface area (Å²) in [7, 11) is 0. The summed E-state index contributed by atoms with van der Waals surface area (Å²) in [4.78, 5) is 2.24. The van der Waals surface area contributed by atoms with E-state index in [1.807, 2.05) is 0 Å². The van der Waals surface area contributed by atoms with E-state index >= 15 is 0 Å². The van der Waals surface area contributed by atoms with E-state index in [1.54, 1.807) is 0 Å². The minimum absolute atomic E-state index is 0.205. The van der Waals surface area contributed by atoms with Gasteiger partial charge < -0.3 is 15.3 Å². The van der Waals surface area contributed by atoms with Crippen molar-refractivity contribution < 1.29 is 5.11 Å². The highest BCUT2D eigenvalue weighted by Crippen LogP contribution is 2.30. The third kappa shape index (κ3) is 5.50. The largest absolute Gasteiger partial charge is 0.396 e. The van der Waals surface area contributed by atoms with Crippen molar-refractivity contribution in [2.45, 2.75) is 52.6 Å². The SMILES string of the molecule is CCCNC(C)c1ccc(N(CCCO)C(C)C)c(Cl)c1. The Hall–Kier alpha value is -0.770. The Labute approximate surface area is 134 Å². The van der Waals surface area contributed by atoms with Crippen molar-refractivity contribution in [3.05, 3.63) is 28.8 Å². The number of anilines is 1. The van der Waals surface area contributed by atoms with Crippen LogP contribution >= 0.6 is 11.6 Å². The predicted octanol–water partition coefficient (Wildman–Crippen LogP) is 4.00. The van der Waals surface area contributed by atoms with Gasteiger partial charge in [0.2, 0.25) is 0 Å². The van der Waals surface area contributed by atoms with Crippen LogP contribution < -0.4 is 10.2 Å². The monoisotopic (exact) mass is 312 g/mol. The number of nitrogens with one attached hydrogen (secondary N) is 1. The molecule has 0 saturated carbocycles. The fourth-order valence-electron chi connectivity index (χ4n) is 2.40. The minimum Gasteiger partial charge on any atom is -0.396 e. The van der Waals surface area contributed by atoms with Gasteiger partial charge in [0.15, 0.2) is 0 Å². The van der Waals surface area contributed by atoms with Gasteiger partial charge in [-0.05, 0) is 57.9 Å². The molecule has 0 saturated heterocycles. The topological polar surface area (TPSA) is 35.5 Å². The van der Waals surface area contributed by atoms with Gasteiger partial charge in [-0.15, -0.1) is 0 Å². The summed E-state index contributed by atoms with van der Waals surface area (Å²) in [6, 6.07) is 6.96. The lowest BCUT2D eigenvalue weighted by atomic mass is 10.1. The summed E-state index contributed by atoms with van der Waals surface area (Å²) in [6.07, 6.45) is 1.88. The Morgan fingerprint density at radius 2 is 2.00 bits per heavy atom. The van der Waals surface area contributed by atoms with Gasteiger partial charge in [0.25, 0.3) is 0 Å². The maximum Gasteiger partial charge on any atom is 0.0642 e. The summed E-state index contributed by atoms with van der Waals surface area (Å²) >= 11 is 6.49. The summed E-state index contributed by atoms with van der Waals surface area (Å²) in [5, 5.41) is 13.3. The number of aliphatic hydroxyl groups excluding tert-OH is 1. The summed E-state index contributed by atoms with van der Waals surface area (Å²) in [5.41, 5.74) is 2.26. The molecule has 120 valence electrons. The molecule has 0 heterocycles. The van der Waals surface area contributed by atoms with E-state index in [4.69, 9.17) is 16.7 Å². The van der Waals surface area contributed by atoms with Gasteiger partial charge in [-0.2, -0.15) is 0 Å². The molecule has 3 nitrogen and oxygen atoms in total. The minimum atomic E-state index is 0.205. The van der Waals surface area contributed by atoms with Crippen molar-refractivity contribution in [3.8, 4) is 0 Å². The van der Waals surface area contributed by atoms with E-state index in [-0.39, 0.29) is 6.61 Å². The second-order valence-corrected chi connectivity index (χ2v) is 6.16. The van der Waals surface area contributed by atoms with E-state index in [1.165, 1.54) is 5.56 Å². The van der Waals surface area contributed by atoms with E-state index in [9.17, 15) is 0 Å². The first-order valence-electron chi connectivity index (χ1n) is 7.91. The maximum atomic E-state index is 9.04. The molecular weight excluding hydrogens is 284 g/mol. The average molecular weight is 313 g/mol. The van der Waals surface area contributed by atoms with Crippen molar-refractivity contribution in [2.75, 3.05) is 24.6 Å². The van der Waals surface area contributed by atoms with Crippen LogP contribution in [0.15, 0.2) is 18.2 Å². The lowest BCUT2D eigenvalue weighted by Crippen LogP contribution is -2.32. The molecule has 1 rings (SSSR count). The van der Waals surface area contributed by atoms with Crippen LogP contribution in [0.3, 0.4) is 0 Å². The van der Waals surface area contributed by atoms with Gasteiger partial charge in [-0.1, -0.05) is 24.6 Å². The summed E-state index contributed by atoms with van der Waals surface area (Å²) < 4.78 is 0. The van der Waals surface area contributed by atoms with Crippen molar-refractivity contribution in [3.63, 3.8) is 0 Å². The highest BCUT2D eigenvalue weighted by molar-refractivity contribution is 6.33. The first-order chi connectivity index (χ1) is 10.0. The molecular formula is C17H29ClN2O. The second kappa shape index (κ2) is 9.29. The molecule has 0 aromatic heterocycles. The van der Waals surface area contributed by atoms with Gasteiger partial charge in [0, 0.05) is 25.2 Å². The molecule has 0 aliphatic carbocycles. The average Bonchev–Trinajstić information content (AvgIpc) is 2.46. The number of nitrogens with zero attached hydrogens (tertiary/aromatic N) is 1. The van der Waals surface area contributed by atoms with Gasteiger partial charge in [-0.25, -0.2) is 0 Å². The molecule has 21 heavy (non-hydrogen) atoms. The molecule has 1 atom stereocenters. The third-order valence-electron chi connectivity index (χ3n) is 3.66. The van der Waals surface area contributed by atoms with Crippen molar-refractivity contribution in [1.82, 2.24) is 5.32 Å². The lowest BCUT2D eigenvalue weighted by molar-refractivity contribution is 0.288. The van der Waals surface area contributed by atoms with E-state index in [2.05, 4.69) is 56.1 Å². The Kier molecular flexibility index (Phi) is 8.09. The number of rotatable bonds is 9. The molecule has 1 aromatic carbocycles. The second-order valence-electron chi connectivity index (χ2n) is 5.75. The Bertz CT molecular complexity index is 423. The van der Waals surface area contributed by atoms with Crippen LogP contribution in [0.5, 0.6) is 0 Å². The third-order valence-corrected chi connectivity index (χ3v) is 3.96. The maximum absolute atomic E-state index is 9.04. The number of aliphatic hydroxyl groups is 1. The molecule has 1 unspecified atom stereocenters. The summed E-state index contributed by atoms with van der Waals surface area (Å²) in [5.74, 6) is 0. The predicted molar refractivity (Wildman–Crippen MR) is 92.3 cm³/mol. The highest BCUT2D eigenvalue weighted by atomic mass is 35.5. The number of hydrogen-bond acceptors (Lipinski definition) is 3. The zero-order valence-corrected chi connectivity index (χ0v) is 14.5. The van der Waals surface area contributed by atoms with Crippen molar-refractivity contribution in [1.29, 1.82) is 0 Å². The van der Waals surface area contributed by atoms with Crippen LogP contribution in [0.2, 0.25) is 5.02 Å². The van der Waals surface area contributed by atoms with Gasteiger partial charge >= 0.3 is 0 Å². The van der Waals surface area contributed by atoms with Gasteiger partial charge in [-0.3, -0.25) is 0 Å². The number of halogens is 1. The molecule has 1 aromatic rings. The van der Waals surface area contributed by atoms with E-state index in [0.29, 0.717) is 12.1 Å². The van der Waals surface area contributed by atoms with Crippen LogP contribution in [0.4, 0.5) is 5.69 Å². The van der Waals surface area contributed by atoms with E-state index in [0.717, 1.165) is 36.6 Å². The quantitative estimate of drug-likeness (QED) is 0.723. The number of hydrogen-bond donors (Lipinski definition) is 2. The zero-order chi connectivity index (χ0) is 15.8. The summed E-state index contributed by atoms with van der Waals surface area (Å²) in [6.45, 7) is 10.6. The van der Waals surface area contributed by atoms with Crippen LogP contribution in [0, 0.1) is 0 Å². The molecule has 0 bridgehead atoms. The van der Waals surface area contributed by atoms with Crippen LogP contribution in [0.1, 0.15) is 52.1 Å². The fourth-order valence-corrected chi connectivity index (χ4v) is 2.70. The fraction of sp³-hybridized carbons (Fsp3) is 0.647. The Morgan fingerprint density at radius 3 is 2.52 bits per heavy atom. The molecule has 0 amide bonds. The Morgan fingerprint density at radius 1 is 1.29 bits per heavy atom. The zero-order valence-electron chi connectivity index (χ0n) is 13.7. The van der Waals surface area contributed by atoms with Gasteiger partial charge in [0.1, 0.15) is 0 Å². The van der Waals surface area contributed by atoms with E-state index < -0.39 is 0 Å². The molecule has 0 radical (unpaired) electrons. The molecule has 0 aliphatic heterocycles. The van der Waals surface area contributed by atoms with Crippen LogP contribution in [-0.4, -0.2) is 30.8 Å². The van der Waals surface area contributed by atoms with Crippen molar-refractivity contribution in [2.24, 2.45) is 0 Å².